The van der Waals surface area contributed by atoms with Gasteiger partial charge in [0.25, 0.3) is 5.91 Å². The van der Waals surface area contributed by atoms with Gasteiger partial charge in [-0.15, -0.1) is 0 Å². The molecule has 7 nitrogen and oxygen atoms in total. The average Bonchev–Trinajstić information content (AvgIpc) is 2.95. The van der Waals surface area contributed by atoms with Crippen LogP contribution < -0.4 is 5.32 Å². The summed E-state index contributed by atoms with van der Waals surface area (Å²) >= 11 is 0. The molecule has 1 amide bonds. The topological polar surface area (TPSA) is 92.5 Å². The highest BCUT2D eigenvalue weighted by Gasteiger charge is 2.37. The van der Waals surface area contributed by atoms with Crippen molar-refractivity contribution < 1.29 is 22.1 Å². The van der Waals surface area contributed by atoms with Crippen LogP contribution in [-0.2, 0) is 16.6 Å². The third-order valence-electron chi connectivity index (χ3n) is 5.22. The number of benzene rings is 1. The first-order valence-electron chi connectivity index (χ1n) is 9.14. The number of aromatic nitrogens is 1. The number of rotatable bonds is 4. The minimum Gasteiger partial charge on any atom is -0.361 e. The molecule has 1 aliphatic rings. The monoisotopic (exact) mass is 409 g/mol. The van der Waals surface area contributed by atoms with Crippen LogP contribution in [0.4, 0.5) is 10.1 Å². The molecular weight excluding hydrogens is 385 g/mol. The number of carbonyl (C=O) groups excluding carboxylic acids is 1. The number of sulfonamides is 1. The lowest BCUT2D eigenvalue weighted by molar-refractivity contribution is 0.102. The van der Waals surface area contributed by atoms with Gasteiger partial charge in [0, 0.05) is 23.8 Å². The fourth-order valence-corrected chi connectivity index (χ4v) is 5.24. The molecule has 0 aliphatic carbocycles. The van der Waals surface area contributed by atoms with Crippen molar-refractivity contribution >= 4 is 21.6 Å². The number of amides is 1. The molecule has 1 unspecified atom stereocenters. The maximum Gasteiger partial charge on any atom is 0.261 e. The summed E-state index contributed by atoms with van der Waals surface area (Å²) in [5, 5.41) is 5.88. The van der Waals surface area contributed by atoms with Crippen molar-refractivity contribution in [2.24, 2.45) is 0 Å². The lowest BCUT2D eigenvalue weighted by Gasteiger charge is -2.36. The van der Waals surface area contributed by atoms with E-state index in [4.69, 9.17) is 4.52 Å². The molecule has 2 atom stereocenters. The van der Waals surface area contributed by atoms with Crippen molar-refractivity contribution in [3.05, 3.63) is 46.6 Å². The SMILES string of the molecule is Cc1noc(C)c1C(=O)Nc1ccc(CN2[C@@H](C)CCC(C)S2(=O)=O)c(F)c1. The lowest BCUT2D eigenvalue weighted by Crippen LogP contribution is -2.47. The summed E-state index contributed by atoms with van der Waals surface area (Å²) in [6, 6.07) is 4.06. The Morgan fingerprint density at radius 3 is 2.64 bits per heavy atom. The van der Waals surface area contributed by atoms with Crippen LogP contribution in [0.25, 0.3) is 0 Å². The van der Waals surface area contributed by atoms with Gasteiger partial charge in [0.1, 0.15) is 17.1 Å². The summed E-state index contributed by atoms with van der Waals surface area (Å²) in [6.45, 7) is 6.76. The Balaban J connectivity index is 1.78. The number of hydrogen-bond acceptors (Lipinski definition) is 5. The Hall–Kier alpha value is -2.26. The summed E-state index contributed by atoms with van der Waals surface area (Å²) in [7, 11) is -3.46. The molecule has 2 aromatic rings. The standard InChI is InChI=1S/C19H24FN3O4S/c1-11-5-6-12(2)28(25,26)23(11)10-15-7-8-16(9-17(15)20)21-19(24)18-13(3)22-27-14(18)4/h7-9,11-12H,5-6,10H2,1-4H3,(H,21,24)/t11-,12?/m0/s1. The molecule has 1 saturated heterocycles. The summed E-state index contributed by atoms with van der Waals surface area (Å²) in [5.41, 5.74) is 1.30. The smallest absolute Gasteiger partial charge is 0.261 e. The molecule has 1 aliphatic heterocycles. The van der Waals surface area contributed by atoms with Crippen molar-refractivity contribution in [2.75, 3.05) is 5.32 Å². The average molecular weight is 409 g/mol. The van der Waals surface area contributed by atoms with E-state index in [0.29, 0.717) is 23.4 Å². The Labute approximate surface area is 163 Å². The molecule has 9 heteroatoms. The summed E-state index contributed by atoms with van der Waals surface area (Å²) < 4.78 is 46.1. The minimum atomic E-state index is -3.46. The van der Waals surface area contributed by atoms with Gasteiger partial charge in [0.2, 0.25) is 10.0 Å². The van der Waals surface area contributed by atoms with Crippen molar-refractivity contribution in [1.82, 2.24) is 9.46 Å². The van der Waals surface area contributed by atoms with Crippen LogP contribution in [0.3, 0.4) is 0 Å². The predicted molar refractivity (Wildman–Crippen MR) is 103 cm³/mol. The number of nitrogens with one attached hydrogen (secondary N) is 1. The van der Waals surface area contributed by atoms with Crippen LogP contribution in [-0.4, -0.2) is 35.1 Å². The molecule has 3 rings (SSSR count). The Morgan fingerprint density at radius 1 is 1.32 bits per heavy atom. The molecule has 1 fully saturated rings. The van der Waals surface area contributed by atoms with Crippen molar-refractivity contribution in [3.63, 3.8) is 0 Å². The van der Waals surface area contributed by atoms with Crippen LogP contribution in [0.15, 0.2) is 22.7 Å². The Morgan fingerprint density at radius 2 is 2.04 bits per heavy atom. The Bertz CT molecular complexity index is 983. The van der Waals surface area contributed by atoms with Gasteiger partial charge < -0.3 is 9.84 Å². The zero-order chi connectivity index (χ0) is 20.6. The van der Waals surface area contributed by atoms with Gasteiger partial charge in [-0.05, 0) is 52.7 Å². The quantitative estimate of drug-likeness (QED) is 0.836. The lowest BCUT2D eigenvalue weighted by atomic mass is 10.1. The molecule has 0 bridgehead atoms. The van der Waals surface area contributed by atoms with Crippen LogP contribution >= 0.6 is 0 Å². The number of hydrogen-bond donors (Lipinski definition) is 1. The maximum absolute atomic E-state index is 14.6. The molecule has 0 spiro atoms. The first-order chi connectivity index (χ1) is 13.1. The van der Waals surface area contributed by atoms with Gasteiger partial charge >= 0.3 is 0 Å². The van der Waals surface area contributed by atoms with E-state index in [0.717, 1.165) is 6.42 Å². The van der Waals surface area contributed by atoms with Crippen molar-refractivity contribution in [2.45, 2.75) is 58.4 Å². The molecule has 1 N–H and O–H groups in total. The first kappa shape index (κ1) is 20.5. The van der Waals surface area contributed by atoms with Gasteiger partial charge in [-0.3, -0.25) is 4.79 Å². The number of carbonyl (C=O) groups is 1. The normalized spacial score (nSPS) is 22.2. The number of anilines is 1. The summed E-state index contributed by atoms with van der Waals surface area (Å²) in [6.07, 6.45) is 1.35. The van der Waals surface area contributed by atoms with Crippen molar-refractivity contribution in [1.29, 1.82) is 0 Å². The number of halogens is 1. The minimum absolute atomic E-state index is 0.0300. The van der Waals surface area contributed by atoms with Crippen LogP contribution in [0.5, 0.6) is 0 Å². The highest BCUT2D eigenvalue weighted by atomic mass is 32.2. The predicted octanol–water partition coefficient (Wildman–Crippen LogP) is 3.39. The van der Waals surface area contributed by atoms with E-state index in [-0.39, 0.29) is 23.8 Å². The van der Waals surface area contributed by atoms with E-state index in [2.05, 4.69) is 10.5 Å². The first-order valence-corrected chi connectivity index (χ1v) is 10.6. The highest BCUT2D eigenvalue weighted by Crippen LogP contribution is 2.29. The van der Waals surface area contributed by atoms with Crippen LogP contribution in [0.1, 0.15) is 54.1 Å². The van der Waals surface area contributed by atoms with E-state index in [1.165, 1.54) is 16.4 Å². The molecular formula is C19H24FN3O4S. The largest absolute Gasteiger partial charge is 0.361 e. The van der Waals surface area contributed by atoms with Crippen molar-refractivity contribution in [3.8, 4) is 0 Å². The molecule has 152 valence electrons. The summed E-state index contributed by atoms with van der Waals surface area (Å²) in [5.74, 6) is -0.632. The van der Waals surface area contributed by atoms with Crippen LogP contribution in [0.2, 0.25) is 0 Å². The number of aryl methyl sites for hydroxylation is 2. The Kier molecular flexibility index (Phi) is 5.58. The van der Waals surface area contributed by atoms with Gasteiger partial charge in [0.05, 0.1) is 10.9 Å². The zero-order valence-corrected chi connectivity index (χ0v) is 17.1. The maximum atomic E-state index is 14.6. The van der Waals surface area contributed by atoms with E-state index < -0.39 is 27.0 Å². The summed E-state index contributed by atoms with van der Waals surface area (Å²) in [4.78, 5) is 12.4. The van der Waals surface area contributed by atoms with E-state index in [9.17, 15) is 17.6 Å². The third kappa shape index (κ3) is 3.81. The molecule has 28 heavy (non-hydrogen) atoms. The third-order valence-corrected chi connectivity index (χ3v) is 7.61. The fraction of sp³-hybridized carbons (Fsp3) is 0.474. The second kappa shape index (κ2) is 7.63. The second-order valence-corrected chi connectivity index (χ2v) is 9.59. The molecule has 1 aromatic heterocycles. The van der Waals surface area contributed by atoms with Gasteiger partial charge in [-0.1, -0.05) is 11.2 Å². The molecule has 1 aromatic carbocycles. The van der Waals surface area contributed by atoms with Gasteiger partial charge in [0.15, 0.2) is 0 Å². The van der Waals surface area contributed by atoms with Gasteiger partial charge in [-0.2, -0.15) is 4.31 Å². The number of nitrogens with zero attached hydrogens (tertiary/aromatic N) is 2. The zero-order valence-electron chi connectivity index (χ0n) is 16.3. The van der Waals surface area contributed by atoms with E-state index >= 15 is 0 Å². The molecule has 0 radical (unpaired) electrons. The van der Waals surface area contributed by atoms with E-state index in [1.807, 2.05) is 6.92 Å². The second-order valence-electron chi connectivity index (χ2n) is 7.29. The van der Waals surface area contributed by atoms with Gasteiger partial charge in [-0.25, -0.2) is 12.8 Å². The van der Waals surface area contributed by atoms with E-state index in [1.54, 1.807) is 26.8 Å². The fourth-order valence-electron chi connectivity index (χ4n) is 3.42. The molecule has 0 saturated carbocycles. The molecule has 2 heterocycles. The van der Waals surface area contributed by atoms with Crippen LogP contribution in [0, 0.1) is 19.7 Å². The highest BCUT2D eigenvalue weighted by molar-refractivity contribution is 7.89.